The van der Waals surface area contributed by atoms with Crippen molar-refractivity contribution >= 4 is 5.91 Å². The maximum absolute atomic E-state index is 12.4. The van der Waals surface area contributed by atoms with Crippen molar-refractivity contribution in [3.05, 3.63) is 0 Å². The quantitative estimate of drug-likeness (QED) is 0.728. The Morgan fingerprint density at radius 2 is 1.81 bits per heavy atom. The first kappa shape index (κ1) is 13.1. The van der Waals surface area contributed by atoms with Crippen molar-refractivity contribution in [1.29, 1.82) is 0 Å². The van der Waals surface area contributed by atoms with Gasteiger partial charge in [-0.1, -0.05) is 0 Å². The summed E-state index contributed by atoms with van der Waals surface area (Å²) in [7, 11) is 0. The Kier molecular flexibility index (Phi) is 3.41. The summed E-state index contributed by atoms with van der Waals surface area (Å²) in [6.07, 6.45) is -4.25. The molecule has 1 aliphatic carbocycles. The number of rotatable bonds is 4. The zero-order valence-corrected chi connectivity index (χ0v) is 8.15. The van der Waals surface area contributed by atoms with Crippen LogP contribution in [-0.2, 0) is 4.79 Å². The van der Waals surface area contributed by atoms with E-state index in [-0.39, 0.29) is 12.5 Å². The summed E-state index contributed by atoms with van der Waals surface area (Å²) in [5, 5.41) is 1.52. The predicted octanol–water partition coefficient (Wildman–Crippen LogP) is 1.04. The largest absolute Gasteiger partial charge is 0.463 e. The van der Waals surface area contributed by atoms with E-state index < -0.39 is 24.0 Å². The van der Waals surface area contributed by atoms with Crippen LogP contribution in [0.4, 0.5) is 22.0 Å². The fourth-order valence-electron chi connectivity index (χ4n) is 1.14. The molecule has 1 atom stereocenters. The van der Waals surface area contributed by atoms with E-state index in [0.29, 0.717) is 0 Å². The molecule has 8 heteroatoms. The van der Waals surface area contributed by atoms with E-state index in [4.69, 9.17) is 5.73 Å². The molecule has 1 rings (SSSR count). The molecular formula is C8H11F5N2O. The molecule has 94 valence electrons. The van der Waals surface area contributed by atoms with Gasteiger partial charge in [0.15, 0.2) is 0 Å². The minimum Gasteiger partial charge on any atom is -0.349 e. The van der Waals surface area contributed by atoms with Crippen LogP contribution in [0.5, 0.6) is 0 Å². The predicted molar refractivity (Wildman–Crippen MR) is 44.7 cm³/mol. The number of halogens is 5. The van der Waals surface area contributed by atoms with Crippen LogP contribution in [0.1, 0.15) is 12.8 Å². The molecule has 0 heterocycles. The van der Waals surface area contributed by atoms with Crippen LogP contribution in [0.3, 0.4) is 0 Å². The Hall–Kier alpha value is -0.920. The van der Waals surface area contributed by atoms with Gasteiger partial charge in [-0.15, -0.1) is 0 Å². The molecule has 1 amide bonds. The zero-order valence-electron chi connectivity index (χ0n) is 8.15. The molecule has 3 N–H and O–H groups in total. The zero-order chi connectivity index (χ0) is 12.6. The van der Waals surface area contributed by atoms with E-state index in [2.05, 4.69) is 0 Å². The van der Waals surface area contributed by atoms with E-state index in [1.807, 2.05) is 0 Å². The van der Waals surface area contributed by atoms with Crippen LogP contribution in [0.15, 0.2) is 0 Å². The first-order valence-corrected chi connectivity index (χ1v) is 4.64. The summed E-state index contributed by atoms with van der Waals surface area (Å²) >= 11 is 0. The van der Waals surface area contributed by atoms with Crippen molar-refractivity contribution in [3.8, 4) is 0 Å². The second kappa shape index (κ2) is 4.15. The van der Waals surface area contributed by atoms with Crippen LogP contribution in [-0.4, -0.2) is 30.6 Å². The minimum atomic E-state index is -5.87. The van der Waals surface area contributed by atoms with Crippen LogP contribution in [0, 0.1) is 5.92 Å². The Balaban J connectivity index is 2.44. The van der Waals surface area contributed by atoms with Gasteiger partial charge in [0.05, 0.1) is 0 Å². The molecular weight excluding hydrogens is 235 g/mol. The molecule has 0 aromatic heterocycles. The van der Waals surface area contributed by atoms with Crippen LogP contribution < -0.4 is 11.1 Å². The molecule has 0 bridgehead atoms. The summed E-state index contributed by atoms with van der Waals surface area (Å²) in [6.45, 7) is -0.366. The number of carbonyl (C=O) groups excluding carboxylic acids is 1. The number of hydrogen-bond acceptors (Lipinski definition) is 2. The summed E-state index contributed by atoms with van der Waals surface area (Å²) in [5.74, 6) is -7.60. The second-order valence-corrected chi connectivity index (χ2v) is 3.78. The van der Waals surface area contributed by atoms with Crippen molar-refractivity contribution in [2.24, 2.45) is 11.7 Å². The third kappa shape index (κ3) is 2.81. The van der Waals surface area contributed by atoms with Gasteiger partial charge in [-0.25, -0.2) is 0 Å². The van der Waals surface area contributed by atoms with Gasteiger partial charge in [-0.2, -0.15) is 22.0 Å². The van der Waals surface area contributed by atoms with Gasteiger partial charge in [0.1, 0.15) is 0 Å². The maximum Gasteiger partial charge on any atom is 0.463 e. The lowest BCUT2D eigenvalue weighted by molar-refractivity contribution is -0.269. The number of amides is 1. The number of alkyl halides is 5. The average molecular weight is 246 g/mol. The monoisotopic (exact) mass is 246 g/mol. The van der Waals surface area contributed by atoms with Gasteiger partial charge in [0, 0.05) is 12.6 Å². The molecule has 1 saturated carbocycles. The normalized spacial score (nSPS) is 19.4. The molecule has 16 heavy (non-hydrogen) atoms. The Bertz CT molecular complexity index is 274. The summed E-state index contributed by atoms with van der Waals surface area (Å²) in [6, 6.07) is -0.562. The molecule has 0 radical (unpaired) electrons. The molecule has 1 unspecified atom stereocenters. The minimum absolute atomic E-state index is 0.111. The first-order valence-electron chi connectivity index (χ1n) is 4.64. The third-order valence-corrected chi connectivity index (χ3v) is 2.37. The van der Waals surface area contributed by atoms with Crippen molar-refractivity contribution in [2.75, 3.05) is 6.54 Å². The van der Waals surface area contributed by atoms with Crippen molar-refractivity contribution in [3.63, 3.8) is 0 Å². The second-order valence-electron chi connectivity index (χ2n) is 3.78. The Labute approximate surface area is 88.2 Å². The number of nitrogens with one attached hydrogen (secondary N) is 1. The van der Waals surface area contributed by atoms with Gasteiger partial charge in [0.2, 0.25) is 0 Å². The summed E-state index contributed by atoms with van der Waals surface area (Å²) < 4.78 is 60.0. The molecule has 0 saturated heterocycles. The standard InChI is InChI=1S/C8H11F5N2O/c9-7(10,8(11,12)13)6(16)15-3-5(14)4-1-2-4/h4-5H,1-3,14H2,(H,15,16). The van der Waals surface area contributed by atoms with Crippen molar-refractivity contribution in [2.45, 2.75) is 31.0 Å². The molecule has 0 aromatic carbocycles. The SMILES string of the molecule is NC(CNC(=O)C(F)(F)C(F)(F)F)C1CC1. The van der Waals surface area contributed by atoms with E-state index >= 15 is 0 Å². The lowest BCUT2D eigenvalue weighted by atomic mass is 10.2. The Morgan fingerprint density at radius 3 is 2.19 bits per heavy atom. The molecule has 0 aromatic rings. The smallest absolute Gasteiger partial charge is 0.349 e. The van der Waals surface area contributed by atoms with Crippen LogP contribution in [0.2, 0.25) is 0 Å². The number of carbonyl (C=O) groups is 1. The highest BCUT2D eigenvalue weighted by Crippen LogP contribution is 2.35. The molecule has 0 spiro atoms. The topological polar surface area (TPSA) is 55.1 Å². The van der Waals surface area contributed by atoms with Gasteiger partial charge < -0.3 is 11.1 Å². The lowest BCUT2D eigenvalue weighted by Crippen LogP contribution is -2.52. The highest BCUT2D eigenvalue weighted by molar-refractivity contribution is 5.84. The van der Waals surface area contributed by atoms with E-state index in [1.165, 1.54) is 5.32 Å². The lowest BCUT2D eigenvalue weighted by Gasteiger charge is -2.20. The fraction of sp³-hybridized carbons (Fsp3) is 0.875. The van der Waals surface area contributed by atoms with Crippen LogP contribution >= 0.6 is 0 Å². The fourth-order valence-corrected chi connectivity index (χ4v) is 1.14. The Morgan fingerprint density at radius 1 is 1.31 bits per heavy atom. The number of hydrogen-bond donors (Lipinski definition) is 2. The van der Waals surface area contributed by atoms with Crippen molar-refractivity contribution < 1.29 is 26.7 Å². The number of nitrogens with two attached hydrogens (primary N) is 1. The highest BCUT2D eigenvalue weighted by Gasteiger charge is 2.63. The molecule has 0 aliphatic heterocycles. The average Bonchev–Trinajstić information content (AvgIpc) is 2.94. The summed E-state index contributed by atoms with van der Waals surface area (Å²) in [4.78, 5) is 10.6. The van der Waals surface area contributed by atoms with Gasteiger partial charge in [0.25, 0.3) is 5.91 Å². The van der Waals surface area contributed by atoms with E-state index in [0.717, 1.165) is 12.8 Å². The molecule has 1 fully saturated rings. The van der Waals surface area contributed by atoms with Gasteiger partial charge in [-0.3, -0.25) is 4.79 Å². The van der Waals surface area contributed by atoms with E-state index in [9.17, 15) is 26.7 Å². The molecule has 1 aliphatic rings. The van der Waals surface area contributed by atoms with E-state index in [1.54, 1.807) is 0 Å². The molecule has 3 nitrogen and oxygen atoms in total. The first-order chi connectivity index (χ1) is 7.16. The van der Waals surface area contributed by atoms with Gasteiger partial charge >= 0.3 is 12.1 Å². The summed E-state index contributed by atoms with van der Waals surface area (Å²) in [5.41, 5.74) is 5.44. The van der Waals surface area contributed by atoms with Gasteiger partial charge in [-0.05, 0) is 18.8 Å². The maximum atomic E-state index is 12.4. The van der Waals surface area contributed by atoms with Crippen LogP contribution in [0.25, 0.3) is 0 Å². The highest BCUT2D eigenvalue weighted by atomic mass is 19.4. The van der Waals surface area contributed by atoms with Crippen molar-refractivity contribution in [1.82, 2.24) is 5.32 Å². The third-order valence-electron chi connectivity index (χ3n) is 2.37.